The Morgan fingerprint density at radius 1 is 1.10 bits per heavy atom. The molecular formula is C23H18BrFN2O2. The summed E-state index contributed by atoms with van der Waals surface area (Å²) in [4.78, 5) is 27.7. The lowest BCUT2D eigenvalue weighted by Gasteiger charge is -2.31. The first-order chi connectivity index (χ1) is 13.9. The molecule has 0 spiro atoms. The summed E-state index contributed by atoms with van der Waals surface area (Å²) >= 11 is 3.43. The molecule has 29 heavy (non-hydrogen) atoms. The van der Waals surface area contributed by atoms with Gasteiger partial charge in [-0.25, -0.2) is 4.39 Å². The van der Waals surface area contributed by atoms with Gasteiger partial charge in [0.05, 0.1) is 11.6 Å². The minimum atomic E-state index is -0.538. The van der Waals surface area contributed by atoms with Gasteiger partial charge in [-0.3, -0.25) is 9.59 Å². The van der Waals surface area contributed by atoms with E-state index in [1.54, 1.807) is 30.3 Å². The second-order valence-electron chi connectivity index (χ2n) is 7.01. The summed E-state index contributed by atoms with van der Waals surface area (Å²) in [5.74, 6) is -0.916. The van der Waals surface area contributed by atoms with Crippen LogP contribution < -0.4 is 5.32 Å². The van der Waals surface area contributed by atoms with E-state index in [9.17, 15) is 14.0 Å². The number of fused-ring (bicyclic) bond motifs is 1. The molecule has 3 aromatic rings. The minimum absolute atomic E-state index is 0.115. The van der Waals surface area contributed by atoms with Crippen LogP contribution in [-0.2, 0) is 4.79 Å². The Labute approximate surface area is 176 Å². The number of nitrogens with one attached hydrogen (secondary N) is 1. The van der Waals surface area contributed by atoms with Crippen LogP contribution >= 0.6 is 15.9 Å². The first kappa shape index (κ1) is 19.3. The summed E-state index contributed by atoms with van der Waals surface area (Å²) in [6, 6.07) is 18.3. The van der Waals surface area contributed by atoms with Crippen molar-refractivity contribution >= 4 is 33.4 Å². The maximum Gasteiger partial charge on any atom is 0.256 e. The molecule has 1 heterocycles. The third-order valence-corrected chi connectivity index (χ3v) is 5.64. The van der Waals surface area contributed by atoms with Crippen molar-refractivity contribution in [1.82, 2.24) is 4.90 Å². The highest BCUT2D eigenvalue weighted by Crippen LogP contribution is 2.37. The van der Waals surface area contributed by atoms with E-state index in [0.29, 0.717) is 15.7 Å². The van der Waals surface area contributed by atoms with Crippen LogP contribution in [0.15, 0.2) is 71.2 Å². The standard InChI is InChI=1S/C23H18BrFN2O2/c1-14-6-11-20-18(12-14)22(15-7-9-16(25)10-8-15)27(13-21(28)26-20)23(29)17-4-2-3-5-19(17)24/h2-12,22H,13H2,1H3,(H,26,28)/t22-/m0/s1. The fraction of sp³-hybridized carbons (Fsp3) is 0.130. The Bertz CT molecular complexity index is 1100. The molecule has 0 unspecified atom stereocenters. The first-order valence-electron chi connectivity index (χ1n) is 9.15. The summed E-state index contributed by atoms with van der Waals surface area (Å²) in [7, 11) is 0. The van der Waals surface area contributed by atoms with Gasteiger partial charge in [0.15, 0.2) is 0 Å². The number of anilines is 1. The van der Waals surface area contributed by atoms with Crippen molar-refractivity contribution < 1.29 is 14.0 Å². The largest absolute Gasteiger partial charge is 0.324 e. The molecule has 2 amide bonds. The molecule has 6 heteroatoms. The number of halogens is 2. The van der Waals surface area contributed by atoms with Crippen molar-refractivity contribution in [1.29, 1.82) is 0 Å². The van der Waals surface area contributed by atoms with Gasteiger partial charge >= 0.3 is 0 Å². The van der Waals surface area contributed by atoms with Crippen LogP contribution in [0, 0.1) is 12.7 Å². The van der Waals surface area contributed by atoms with Crippen LogP contribution in [-0.4, -0.2) is 23.3 Å². The zero-order valence-electron chi connectivity index (χ0n) is 15.7. The number of aryl methyl sites for hydroxylation is 1. The third-order valence-electron chi connectivity index (χ3n) is 4.95. The summed E-state index contributed by atoms with van der Waals surface area (Å²) in [6.45, 7) is 1.84. The molecule has 1 atom stereocenters. The molecule has 0 saturated carbocycles. The molecule has 0 aromatic heterocycles. The number of carbonyl (C=O) groups is 2. The van der Waals surface area contributed by atoms with E-state index < -0.39 is 6.04 Å². The van der Waals surface area contributed by atoms with Crippen molar-refractivity contribution in [3.8, 4) is 0 Å². The zero-order chi connectivity index (χ0) is 20.5. The Morgan fingerprint density at radius 3 is 2.55 bits per heavy atom. The van der Waals surface area contributed by atoms with Crippen molar-refractivity contribution in [2.75, 3.05) is 11.9 Å². The number of benzene rings is 3. The predicted molar refractivity (Wildman–Crippen MR) is 113 cm³/mol. The molecule has 0 bridgehead atoms. The number of hydrogen-bond acceptors (Lipinski definition) is 2. The molecule has 0 aliphatic carbocycles. The monoisotopic (exact) mass is 452 g/mol. The fourth-order valence-electron chi connectivity index (χ4n) is 3.61. The Hall–Kier alpha value is -2.99. The molecule has 4 rings (SSSR count). The third kappa shape index (κ3) is 3.80. The second-order valence-corrected chi connectivity index (χ2v) is 7.86. The highest BCUT2D eigenvalue weighted by Gasteiger charge is 2.34. The maximum absolute atomic E-state index is 13.6. The predicted octanol–water partition coefficient (Wildman–Crippen LogP) is 5.08. The first-order valence-corrected chi connectivity index (χ1v) is 9.94. The van der Waals surface area contributed by atoms with Gasteiger partial charge in [-0.05, 0) is 58.7 Å². The lowest BCUT2D eigenvalue weighted by Crippen LogP contribution is -2.39. The smallest absolute Gasteiger partial charge is 0.256 e. The normalized spacial score (nSPS) is 16.0. The van der Waals surface area contributed by atoms with E-state index in [2.05, 4.69) is 21.2 Å². The number of amides is 2. The van der Waals surface area contributed by atoms with E-state index >= 15 is 0 Å². The van der Waals surface area contributed by atoms with Gasteiger partial charge in [0.2, 0.25) is 5.91 Å². The van der Waals surface area contributed by atoms with Crippen molar-refractivity contribution in [3.05, 3.63) is 99.3 Å². The Morgan fingerprint density at radius 2 is 1.83 bits per heavy atom. The Balaban J connectivity index is 1.91. The van der Waals surface area contributed by atoms with E-state index in [1.807, 2.05) is 31.2 Å². The summed E-state index contributed by atoms with van der Waals surface area (Å²) in [6.07, 6.45) is 0. The van der Waals surface area contributed by atoms with Crippen molar-refractivity contribution in [2.24, 2.45) is 0 Å². The van der Waals surface area contributed by atoms with E-state index in [0.717, 1.165) is 16.7 Å². The van der Waals surface area contributed by atoms with Gasteiger partial charge in [-0.15, -0.1) is 0 Å². The summed E-state index contributed by atoms with van der Waals surface area (Å²) in [5, 5.41) is 2.89. The van der Waals surface area contributed by atoms with Gasteiger partial charge in [0.25, 0.3) is 5.91 Å². The maximum atomic E-state index is 13.6. The van der Waals surface area contributed by atoms with E-state index in [4.69, 9.17) is 0 Å². The van der Waals surface area contributed by atoms with Crippen molar-refractivity contribution in [3.63, 3.8) is 0 Å². The molecule has 1 N–H and O–H groups in total. The van der Waals surface area contributed by atoms with Crippen molar-refractivity contribution in [2.45, 2.75) is 13.0 Å². The molecule has 3 aromatic carbocycles. The van der Waals surface area contributed by atoms with Gasteiger partial charge in [0.1, 0.15) is 12.4 Å². The highest BCUT2D eigenvalue weighted by molar-refractivity contribution is 9.10. The van der Waals surface area contributed by atoms with Crippen LogP contribution in [0.5, 0.6) is 0 Å². The number of rotatable bonds is 2. The Kier molecular flexibility index (Phi) is 5.20. The van der Waals surface area contributed by atoms with Crippen LogP contribution in [0.3, 0.4) is 0 Å². The molecule has 0 fully saturated rings. The lowest BCUT2D eigenvalue weighted by molar-refractivity contribution is -0.117. The van der Waals surface area contributed by atoms with Gasteiger partial charge in [-0.2, -0.15) is 0 Å². The van der Waals surface area contributed by atoms with Gasteiger partial charge in [0, 0.05) is 15.7 Å². The minimum Gasteiger partial charge on any atom is -0.324 e. The fourth-order valence-corrected chi connectivity index (χ4v) is 4.06. The lowest BCUT2D eigenvalue weighted by atomic mass is 9.94. The molecule has 1 aliphatic rings. The highest BCUT2D eigenvalue weighted by atomic mass is 79.9. The number of carbonyl (C=O) groups excluding carboxylic acids is 2. The number of hydrogen-bond donors (Lipinski definition) is 1. The number of nitrogens with zero attached hydrogens (tertiary/aromatic N) is 1. The average molecular weight is 453 g/mol. The van der Waals surface area contributed by atoms with Gasteiger partial charge < -0.3 is 10.2 Å². The average Bonchev–Trinajstić information content (AvgIpc) is 2.84. The van der Waals surface area contributed by atoms with Crippen LogP contribution in [0.2, 0.25) is 0 Å². The molecule has 4 nitrogen and oxygen atoms in total. The van der Waals surface area contributed by atoms with Crippen LogP contribution in [0.25, 0.3) is 0 Å². The summed E-state index contributed by atoms with van der Waals surface area (Å²) in [5.41, 5.74) is 3.64. The van der Waals surface area contributed by atoms with Crippen LogP contribution in [0.1, 0.15) is 33.1 Å². The quantitative estimate of drug-likeness (QED) is 0.589. The van der Waals surface area contributed by atoms with Gasteiger partial charge in [-0.1, -0.05) is 42.0 Å². The molecule has 0 radical (unpaired) electrons. The van der Waals surface area contributed by atoms with Crippen LogP contribution in [0.4, 0.5) is 10.1 Å². The summed E-state index contributed by atoms with van der Waals surface area (Å²) < 4.78 is 14.2. The topological polar surface area (TPSA) is 49.4 Å². The van der Waals surface area contributed by atoms with E-state index in [1.165, 1.54) is 17.0 Å². The second kappa shape index (κ2) is 7.79. The molecule has 1 aliphatic heterocycles. The molecule has 146 valence electrons. The van der Waals surface area contributed by atoms with E-state index in [-0.39, 0.29) is 24.2 Å². The molecule has 0 saturated heterocycles. The SMILES string of the molecule is Cc1ccc2c(c1)[C@H](c1ccc(F)cc1)N(C(=O)c1ccccc1Br)CC(=O)N2. The molecular weight excluding hydrogens is 435 g/mol. The zero-order valence-corrected chi connectivity index (χ0v) is 17.2.